The number of hydrogen-bond donors (Lipinski definition) is 2. The molecule has 25 heavy (non-hydrogen) atoms. The highest BCUT2D eigenvalue weighted by Gasteiger charge is 2.26. The maximum atomic E-state index is 12.1. The van der Waals surface area contributed by atoms with E-state index in [1.165, 1.54) is 5.56 Å². The number of carbonyl (C=O) groups is 1. The van der Waals surface area contributed by atoms with Gasteiger partial charge in [-0.3, -0.25) is 9.69 Å². The second kappa shape index (κ2) is 8.21. The van der Waals surface area contributed by atoms with Crippen LogP contribution in [-0.4, -0.2) is 42.5 Å². The van der Waals surface area contributed by atoms with E-state index in [-0.39, 0.29) is 5.91 Å². The number of benzene rings is 1. The van der Waals surface area contributed by atoms with Gasteiger partial charge in [0.15, 0.2) is 0 Å². The number of ether oxygens (including phenoxy) is 1. The highest BCUT2D eigenvalue weighted by molar-refractivity contribution is 5.95. The molecule has 0 radical (unpaired) electrons. The van der Waals surface area contributed by atoms with Gasteiger partial charge in [0.05, 0.1) is 12.2 Å². The molecule has 1 amide bonds. The minimum atomic E-state index is -0.0185. The molecule has 2 heterocycles. The van der Waals surface area contributed by atoms with Crippen molar-refractivity contribution in [3.05, 3.63) is 53.3 Å². The Hall–Kier alpha value is -2.27. The van der Waals surface area contributed by atoms with Crippen molar-refractivity contribution in [1.82, 2.24) is 15.2 Å². The number of aromatic amines is 1. The van der Waals surface area contributed by atoms with E-state index in [2.05, 4.69) is 27.3 Å². The summed E-state index contributed by atoms with van der Waals surface area (Å²) < 4.78 is 5.76. The third kappa shape index (κ3) is 4.04. The van der Waals surface area contributed by atoms with E-state index in [1.807, 2.05) is 31.3 Å². The number of carbonyl (C=O) groups excluding carboxylic acids is 1. The highest BCUT2D eigenvalue weighted by Crippen LogP contribution is 2.30. The largest absolute Gasteiger partial charge is 0.494 e. The fourth-order valence-corrected chi connectivity index (χ4v) is 3.66. The summed E-state index contributed by atoms with van der Waals surface area (Å²) in [6.45, 7) is 5.59. The van der Waals surface area contributed by atoms with Crippen molar-refractivity contribution in [2.24, 2.45) is 0 Å². The molecule has 1 aliphatic heterocycles. The van der Waals surface area contributed by atoms with Crippen molar-refractivity contribution in [3.8, 4) is 5.75 Å². The van der Waals surface area contributed by atoms with Crippen LogP contribution in [0.25, 0.3) is 0 Å². The molecular weight excluding hydrogens is 314 g/mol. The zero-order valence-electron chi connectivity index (χ0n) is 15.0. The Morgan fingerprint density at radius 2 is 2.20 bits per heavy atom. The Bertz CT molecular complexity index is 710. The predicted octanol–water partition coefficient (Wildman–Crippen LogP) is 3.15. The number of para-hydroxylation sites is 1. The summed E-state index contributed by atoms with van der Waals surface area (Å²) >= 11 is 0. The van der Waals surface area contributed by atoms with E-state index in [0.29, 0.717) is 12.5 Å². The number of aromatic nitrogens is 1. The fourth-order valence-electron chi connectivity index (χ4n) is 3.66. The average molecular weight is 341 g/mol. The molecule has 0 bridgehead atoms. The third-order valence-electron chi connectivity index (χ3n) is 4.83. The molecule has 5 heteroatoms. The molecule has 0 saturated carbocycles. The van der Waals surface area contributed by atoms with Crippen molar-refractivity contribution in [2.75, 3.05) is 26.7 Å². The Morgan fingerprint density at radius 1 is 1.36 bits per heavy atom. The lowest BCUT2D eigenvalue weighted by atomic mass is 9.92. The second-order valence-corrected chi connectivity index (χ2v) is 6.50. The zero-order chi connectivity index (χ0) is 17.6. The van der Waals surface area contributed by atoms with Crippen LogP contribution in [-0.2, 0) is 6.54 Å². The average Bonchev–Trinajstić information content (AvgIpc) is 3.13. The number of nitrogens with zero attached hydrogens (tertiary/aromatic N) is 1. The first-order chi connectivity index (χ1) is 12.2. The number of H-pyrrole nitrogens is 1. The number of hydrogen-bond acceptors (Lipinski definition) is 3. The summed E-state index contributed by atoms with van der Waals surface area (Å²) in [4.78, 5) is 17.8. The van der Waals surface area contributed by atoms with Gasteiger partial charge in [-0.25, -0.2) is 0 Å². The highest BCUT2D eigenvalue weighted by atomic mass is 16.5. The van der Waals surface area contributed by atoms with Crippen molar-refractivity contribution in [3.63, 3.8) is 0 Å². The van der Waals surface area contributed by atoms with Gasteiger partial charge in [0, 0.05) is 43.5 Å². The molecule has 5 nitrogen and oxygen atoms in total. The number of rotatable bonds is 6. The first kappa shape index (κ1) is 17.5. The van der Waals surface area contributed by atoms with Crippen LogP contribution in [0, 0.1) is 0 Å². The van der Waals surface area contributed by atoms with Crippen molar-refractivity contribution in [2.45, 2.75) is 32.2 Å². The summed E-state index contributed by atoms with van der Waals surface area (Å²) in [6.07, 6.45) is 4.10. The van der Waals surface area contributed by atoms with E-state index in [0.717, 1.165) is 49.5 Å². The second-order valence-electron chi connectivity index (χ2n) is 6.50. The van der Waals surface area contributed by atoms with Gasteiger partial charge in [-0.2, -0.15) is 0 Å². The van der Waals surface area contributed by atoms with Gasteiger partial charge in [-0.05, 0) is 38.4 Å². The monoisotopic (exact) mass is 341 g/mol. The fraction of sp³-hybridized carbons (Fsp3) is 0.450. The summed E-state index contributed by atoms with van der Waals surface area (Å²) in [5.41, 5.74) is 3.05. The minimum Gasteiger partial charge on any atom is -0.494 e. The summed E-state index contributed by atoms with van der Waals surface area (Å²) in [6, 6.07) is 10.1. The molecule has 1 saturated heterocycles. The predicted molar refractivity (Wildman–Crippen MR) is 99.0 cm³/mol. The van der Waals surface area contributed by atoms with Crippen molar-refractivity contribution in [1.29, 1.82) is 0 Å². The smallest absolute Gasteiger partial charge is 0.252 e. The minimum absolute atomic E-state index is 0.0185. The zero-order valence-corrected chi connectivity index (χ0v) is 15.0. The van der Waals surface area contributed by atoms with Crippen LogP contribution in [0.5, 0.6) is 5.75 Å². The van der Waals surface area contributed by atoms with Crippen molar-refractivity contribution >= 4 is 5.91 Å². The first-order valence-electron chi connectivity index (χ1n) is 9.05. The molecule has 1 fully saturated rings. The van der Waals surface area contributed by atoms with Gasteiger partial charge in [0.25, 0.3) is 5.91 Å². The normalized spacial score (nSPS) is 18.1. The molecule has 2 N–H and O–H groups in total. The lowest BCUT2D eigenvalue weighted by Crippen LogP contribution is -2.35. The Labute approximate surface area is 149 Å². The number of piperidine rings is 1. The van der Waals surface area contributed by atoms with Gasteiger partial charge >= 0.3 is 0 Å². The van der Waals surface area contributed by atoms with Crippen LogP contribution in [0.3, 0.4) is 0 Å². The van der Waals surface area contributed by atoms with Gasteiger partial charge in [-0.15, -0.1) is 0 Å². The van der Waals surface area contributed by atoms with Gasteiger partial charge in [0.2, 0.25) is 0 Å². The Morgan fingerprint density at radius 3 is 3.00 bits per heavy atom. The van der Waals surface area contributed by atoms with Crippen LogP contribution in [0.4, 0.5) is 0 Å². The molecule has 1 aromatic heterocycles. The lowest BCUT2D eigenvalue weighted by Gasteiger charge is -2.33. The Kier molecular flexibility index (Phi) is 5.76. The molecule has 0 aliphatic carbocycles. The molecule has 1 unspecified atom stereocenters. The van der Waals surface area contributed by atoms with Crippen LogP contribution in [0.2, 0.25) is 0 Å². The molecule has 0 spiro atoms. The summed E-state index contributed by atoms with van der Waals surface area (Å²) in [7, 11) is 1.68. The number of likely N-dealkylation sites (tertiary alicyclic amines) is 1. The SMILES string of the molecule is CCOc1ccccc1CN1CCCC(c2[nH]ccc2C(=O)NC)C1. The van der Waals surface area contributed by atoms with E-state index >= 15 is 0 Å². The standard InChI is InChI=1S/C20H27N3O2/c1-3-25-18-9-5-4-7-15(18)13-23-12-6-8-16(14-23)19-17(10-11-22-19)20(24)21-2/h4-5,7,9-11,16,22H,3,6,8,12-14H2,1-2H3,(H,21,24). The van der Waals surface area contributed by atoms with Crippen LogP contribution in [0.15, 0.2) is 36.5 Å². The summed E-state index contributed by atoms with van der Waals surface area (Å²) in [5, 5.41) is 2.73. The lowest BCUT2D eigenvalue weighted by molar-refractivity contribution is 0.0960. The van der Waals surface area contributed by atoms with Crippen LogP contribution >= 0.6 is 0 Å². The molecule has 134 valence electrons. The summed E-state index contributed by atoms with van der Waals surface area (Å²) in [5.74, 6) is 1.31. The molecule has 1 aliphatic rings. The maximum Gasteiger partial charge on any atom is 0.252 e. The van der Waals surface area contributed by atoms with Gasteiger partial charge in [0.1, 0.15) is 5.75 Å². The van der Waals surface area contributed by atoms with Crippen LogP contribution < -0.4 is 10.1 Å². The molecule has 3 rings (SSSR count). The van der Waals surface area contributed by atoms with Crippen LogP contribution in [0.1, 0.15) is 47.3 Å². The van der Waals surface area contributed by atoms with Crippen molar-refractivity contribution < 1.29 is 9.53 Å². The van der Waals surface area contributed by atoms with Gasteiger partial charge in [-0.1, -0.05) is 18.2 Å². The first-order valence-corrected chi connectivity index (χ1v) is 9.05. The quantitative estimate of drug-likeness (QED) is 0.848. The topological polar surface area (TPSA) is 57.4 Å². The maximum absolute atomic E-state index is 12.1. The number of amides is 1. The van der Waals surface area contributed by atoms with E-state index in [4.69, 9.17) is 4.74 Å². The molecular formula is C20H27N3O2. The van der Waals surface area contributed by atoms with E-state index in [1.54, 1.807) is 7.05 Å². The van der Waals surface area contributed by atoms with E-state index in [9.17, 15) is 4.79 Å². The van der Waals surface area contributed by atoms with Gasteiger partial charge < -0.3 is 15.0 Å². The molecule has 1 aromatic carbocycles. The Balaban J connectivity index is 1.72. The molecule has 2 aromatic rings. The number of nitrogens with one attached hydrogen (secondary N) is 2. The van der Waals surface area contributed by atoms with E-state index < -0.39 is 0 Å². The third-order valence-corrected chi connectivity index (χ3v) is 4.83. The molecule has 1 atom stereocenters.